The van der Waals surface area contributed by atoms with Gasteiger partial charge in [0.1, 0.15) is 0 Å². The van der Waals surface area contributed by atoms with Crippen LogP contribution in [0.5, 0.6) is 0 Å². The largest absolute Gasteiger partial charge is 0.368 e. The van der Waals surface area contributed by atoms with Crippen LogP contribution in [0.1, 0.15) is 11.3 Å². The van der Waals surface area contributed by atoms with Gasteiger partial charge in [0, 0.05) is 42.9 Å². The minimum absolute atomic E-state index is 0.215. The van der Waals surface area contributed by atoms with Gasteiger partial charge in [-0.2, -0.15) is 0 Å². The summed E-state index contributed by atoms with van der Waals surface area (Å²) in [4.78, 5) is 21.1. The van der Waals surface area contributed by atoms with Crippen molar-refractivity contribution in [2.75, 3.05) is 36.8 Å². The lowest BCUT2D eigenvalue weighted by molar-refractivity contribution is -0.128. The number of rotatable bonds is 4. The molecule has 0 unspecified atom stereocenters. The first kappa shape index (κ1) is 16.3. The Morgan fingerprint density at radius 3 is 2.70 bits per heavy atom. The molecule has 1 saturated heterocycles. The molecule has 2 heterocycles. The van der Waals surface area contributed by atoms with E-state index < -0.39 is 0 Å². The Morgan fingerprint density at radius 1 is 1.26 bits per heavy atom. The molecule has 0 spiro atoms. The third kappa shape index (κ3) is 4.26. The van der Waals surface area contributed by atoms with Crippen molar-refractivity contribution < 1.29 is 4.79 Å². The van der Waals surface area contributed by atoms with Gasteiger partial charge in [-0.25, -0.2) is 4.98 Å². The zero-order chi connectivity index (χ0) is 16.2. The van der Waals surface area contributed by atoms with Crippen LogP contribution in [-0.2, 0) is 4.79 Å². The number of anilines is 1. The Hall–Kier alpha value is -1.53. The van der Waals surface area contributed by atoms with E-state index in [0.717, 1.165) is 36.2 Å². The average Bonchev–Trinajstić information content (AvgIpc) is 2.98. The van der Waals surface area contributed by atoms with E-state index in [-0.39, 0.29) is 5.91 Å². The van der Waals surface area contributed by atoms with Crippen LogP contribution in [0.15, 0.2) is 34.0 Å². The van der Waals surface area contributed by atoms with Gasteiger partial charge in [-0.1, -0.05) is 23.9 Å². The third-order valence-corrected chi connectivity index (χ3v) is 6.04. The van der Waals surface area contributed by atoms with Crippen LogP contribution < -0.4 is 4.90 Å². The van der Waals surface area contributed by atoms with E-state index >= 15 is 0 Å². The molecule has 3 rings (SSSR count). The van der Waals surface area contributed by atoms with Gasteiger partial charge in [0.25, 0.3) is 0 Å². The normalized spacial score (nSPS) is 15.0. The summed E-state index contributed by atoms with van der Waals surface area (Å²) in [6, 6.07) is 8.55. The van der Waals surface area contributed by atoms with Crippen molar-refractivity contribution in [1.29, 1.82) is 0 Å². The number of piperazine rings is 1. The highest BCUT2D eigenvalue weighted by atomic mass is 32.2. The van der Waals surface area contributed by atoms with E-state index in [0.29, 0.717) is 5.75 Å². The number of amides is 1. The quantitative estimate of drug-likeness (QED) is 0.796. The maximum Gasteiger partial charge on any atom is 0.233 e. The topological polar surface area (TPSA) is 36.4 Å². The smallest absolute Gasteiger partial charge is 0.233 e. The van der Waals surface area contributed by atoms with Crippen molar-refractivity contribution in [2.45, 2.75) is 18.2 Å². The van der Waals surface area contributed by atoms with Crippen molar-refractivity contribution in [2.24, 2.45) is 0 Å². The molecule has 1 aromatic heterocycles. The summed E-state index contributed by atoms with van der Waals surface area (Å²) in [7, 11) is 0. The first-order chi connectivity index (χ1) is 11.1. The summed E-state index contributed by atoms with van der Waals surface area (Å²) in [5.74, 6) is 0.698. The molecule has 0 radical (unpaired) electrons. The Bertz CT molecular complexity index is 678. The Balaban J connectivity index is 1.49. The van der Waals surface area contributed by atoms with E-state index in [4.69, 9.17) is 0 Å². The zero-order valence-corrected chi connectivity index (χ0v) is 15.1. The second-order valence-corrected chi connectivity index (χ2v) is 7.83. The molecular formula is C17H21N3OS2. The lowest BCUT2D eigenvalue weighted by Gasteiger charge is -2.36. The van der Waals surface area contributed by atoms with E-state index in [1.165, 1.54) is 11.3 Å². The first-order valence-electron chi connectivity index (χ1n) is 7.76. The van der Waals surface area contributed by atoms with E-state index in [1.54, 1.807) is 23.1 Å². The van der Waals surface area contributed by atoms with E-state index in [1.807, 2.05) is 17.2 Å². The third-order valence-electron chi connectivity index (χ3n) is 3.92. The fourth-order valence-corrected chi connectivity index (χ4v) is 4.40. The summed E-state index contributed by atoms with van der Waals surface area (Å²) in [6.45, 7) is 7.48. The molecule has 4 nitrogen and oxygen atoms in total. The maximum absolute atomic E-state index is 12.3. The highest BCUT2D eigenvalue weighted by Crippen LogP contribution is 2.23. The second kappa shape index (κ2) is 7.36. The molecule has 0 aliphatic carbocycles. The summed E-state index contributed by atoms with van der Waals surface area (Å²) in [6.07, 6.45) is 0. The number of nitrogens with zero attached hydrogens (tertiary/aromatic N) is 3. The van der Waals surface area contributed by atoms with Crippen LogP contribution in [0, 0.1) is 13.8 Å². The Labute approximate surface area is 145 Å². The van der Waals surface area contributed by atoms with Gasteiger partial charge in [-0.15, -0.1) is 11.3 Å². The molecule has 0 N–H and O–H groups in total. The molecule has 2 aromatic rings. The fraction of sp³-hybridized carbons (Fsp3) is 0.412. The second-order valence-electron chi connectivity index (χ2n) is 5.75. The van der Waals surface area contributed by atoms with Crippen molar-refractivity contribution in [3.63, 3.8) is 0 Å². The number of hydrogen-bond donors (Lipinski definition) is 0. The van der Waals surface area contributed by atoms with Crippen molar-refractivity contribution in [3.05, 3.63) is 40.9 Å². The zero-order valence-electron chi connectivity index (χ0n) is 13.5. The van der Waals surface area contributed by atoms with Gasteiger partial charge < -0.3 is 9.80 Å². The predicted octanol–water partition coefficient (Wildman–Crippen LogP) is 3.20. The molecule has 1 aliphatic rings. The number of carbonyl (C=O) groups is 1. The molecule has 1 aliphatic heterocycles. The summed E-state index contributed by atoms with van der Waals surface area (Å²) < 4.78 is 0.981. The average molecular weight is 348 g/mol. The highest BCUT2D eigenvalue weighted by Gasteiger charge is 2.21. The van der Waals surface area contributed by atoms with Gasteiger partial charge in [0.15, 0.2) is 4.34 Å². The predicted molar refractivity (Wildman–Crippen MR) is 97.5 cm³/mol. The molecule has 1 amide bonds. The molecule has 23 heavy (non-hydrogen) atoms. The van der Waals surface area contributed by atoms with Crippen LogP contribution in [0.25, 0.3) is 0 Å². The van der Waals surface area contributed by atoms with Crippen molar-refractivity contribution in [1.82, 2.24) is 9.88 Å². The summed E-state index contributed by atoms with van der Waals surface area (Å²) in [5, 5.41) is 2.02. The number of thiazole rings is 1. The van der Waals surface area contributed by atoms with Crippen LogP contribution in [0.2, 0.25) is 0 Å². The van der Waals surface area contributed by atoms with Crippen LogP contribution in [0.3, 0.4) is 0 Å². The van der Waals surface area contributed by atoms with Gasteiger partial charge in [-0.3, -0.25) is 4.79 Å². The number of thioether (sulfide) groups is 1. The molecule has 0 bridgehead atoms. The van der Waals surface area contributed by atoms with Crippen LogP contribution in [-0.4, -0.2) is 47.7 Å². The van der Waals surface area contributed by atoms with Crippen LogP contribution in [0.4, 0.5) is 5.69 Å². The molecule has 1 aromatic carbocycles. The number of carbonyl (C=O) groups excluding carboxylic acids is 1. The number of benzene rings is 1. The number of aromatic nitrogens is 1. The monoisotopic (exact) mass is 347 g/mol. The lowest BCUT2D eigenvalue weighted by Crippen LogP contribution is -2.49. The van der Waals surface area contributed by atoms with Gasteiger partial charge >= 0.3 is 0 Å². The standard InChI is InChI=1S/C17H21N3OS2/c1-13-4-3-5-15(10-13)19-6-8-20(9-7-19)16(21)12-23-17-18-14(2)11-22-17/h3-5,10-11H,6-9,12H2,1-2H3. The summed E-state index contributed by atoms with van der Waals surface area (Å²) >= 11 is 3.15. The molecular weight excluding hydrogens is 326 g/mol. The van der Waals surface area contributed by atoms with Crippen LogP contribution >= 0.6 is 23.1 Å². The molecule has 6 heteroatoms. The number of hydrogen-bond acceptors (Lipinski definition) is 5. The Morgan fingerprint density at radius 2 is 2.04 bits per heavy atom. The highest BCUT2D eigenvalue weighted by molar-refractivity contribution is 8.01. The van der Waals surface area contributed by atoms with Gasteiger partial charge in [0.2, 0.25) is 5.91 Å². The lowest BCUT2D eigenvalue weighted by atomic mass is 10.2. The molecule has 122 valence electrons. The van der Waals surface area contributed by atoms with Gasteiger partial charge in [-0.05, 0) is 31.5 Å². The molecule has 0 atom stereocenters. The Kier molecular flexibility index (Phi) is 5.23. The summed E-state index contributed by atoms with van der Waals surface area (Å²) in [5.41, 5.74) is 3.55. The maximum atomic E-state index is 12.3. The fourth-order valence-electron chi connectivity index (χ4n) is 2.65. The van der Waals surface area contributed by atoms with Gasteiger partial charge in [0.05, 0.1) is 5.75 Å². The SMILES string of the molecule is Cc1cccc(N2CCN(C(=O)CSc3nc(C)cs3)CC2)c1. The minimum Gasteiger partial charge on any atom is -0.368 e. The first-order valence-corrected chi connectivity index (χ1v) is 9.62. The van der Waals surface area contributed by atoms with E-state index in [2.05, 4.69) is 41.1 Å². The van der Waals surface area contributed by atoms with E-state index in [9.17, 15) is 4.79 Å². The van der Waals surface area contributed by atoms with Crippen molar-refractivity contribution in [3.8, 4) is 0 Å². The minimum atomic E-state index is 0.215. The van der Waals surface area contributed by atoms with Crippen molar-refractivity contribution >= 4 is 34.7 Å². The molecule has 0 saturated carbocycles. The molecule has 1 fully saturated rings. The number of aryl methyl sites for hydroxylation is 2.